The van der Waals surface area contributed by atoms with E-state index in [0.717, 1.165) is 0 Å². The molecule has 0 N–H and O–H groups in total. The van der Waals surface area contributed by atoms with Gasteiger partial charge in [0.05, 0.1) is 28.5 Å². The number of hydrogen-bond donors (Lipinski definition) is 0. The van der Waals surface area contributed by atoms with E-state index in [0.29, 0.717) is 45.2 Å². The van der Waals surface area contributed by atoms with Gasteiger partial charge in [0.15, 0.2) is 0 Å². The average molecular weight is 411 g/mol. The molecule has 1 aliphatic rings. The molecule has 0 bridgehead atoms. The second-order valence-corrected chi connectivity index (χ2v) is 7.05. The molecule has 1 aromatic carbocycles. The largest absolute Gasteiger partial charge is 0.358 e. The number of benzene rings is 1. The lowest BCUT2D eigenvalue weighted by Crippen LogP contribution is -2.39. The minimum absolute atomic E-state index is 0.347. The third-order valence-electron chi connectivity index (χ3n) is 4.96. The summed E-state index contributed by atoms with van der Waals surface area (Å²) in [5, 5.41) is 11.2. The van der Waals surface area contributed by atoms with E-state index in [1.54, 1.807) is 41.4 Å². The Hall–Kier alpha value is -3.17. The van der Waals surface area contributed by atoms with Gasteiger partial charge in [0.1, 0.15) is 25.2 Å². The Bertz CT molecular complexity index is 1140. The van der Waals surface area contributed by atoms with E-state index < -0.39 is 19.4 Å². The van der Waals surface area contributed by atoms with Crippen molar-refractivity contribution in [3.05, 3.63) is 77.1 Å². The summed E-state index contributed by atoms with van der Waals surface area (Å²) in [5.41, 5.74) is 2.22. The summed E-state index contributed by atoms with van der Waals surface area (Å²) in [5.74, 6) is 0.587. The molecular formula is C22H17ClF2N4. The highest BCUT2D eigenvalue weighted by molar-refractivity contribution is 6.31. The maximum atomic E-state index is 13.6. The van der Waals surface area contributed by atoms with Gasteiger partial charge < -0.3 is 4.90 Å². The predicted octanol–water partition coefficient (Wildman–Crippen LogP) is 5.07. The van der Waals surface area contributed by atoms with Gasteiger partial charge in [-0.1, -0.05) is 29.8 Å². The van der Waals surface area contributed by atoms with Gasteiger partial charge in [-0.3, -0.25) is 4.57 Å². The van der Waals surface area contributed by atoms with Crippen molar-refractivity contribution in [2.75, 3.05) is 19.9 Å². The number of halogens is 3. The van der Waals surface area contributed by atoms with E-state index in [4.69, 9.17) is 11.6 Å². The molecule has 0 atom stereocenters. The molecule has 1 aliphatic heterocycles. The Morgan fingerprint density at radius 3 is 2.72 bits per heavy atom. The average Bonchev–Trinajstić information content (AvgIpc) is 3.08. The van der Waals surface area contributed by atoms with Crippen LogP contribution in [-0.4, -0.2) is 40.4 Å². The van der Waals surface area contributed by atoms with Crippen molar-refractivity contribution in [2.45, 2.75) is 6.04 Å². The third-order valence-corrected chi connectivity index (χ3v) is 5.20. The molecule has 0 amide bonds. The van der Waals surface area contributed by atoms with Crippen LogP contribution in [0.25, 0.3) is 22.4 Å². The van der Waals surface area contributed by atoms with E-state index in [1.807, 2.05) is 28.9 Å². The van der Waals surface area contributed by atoms with Crippen LogP contribution in [-0.2, 0) is 0 Å². The van der Waals surface area contributed by atoms with Gasteiger partial charge in [0.25, 0.3) is 0 Å². The topological polar surface area (TPSA) is 44.9 Å². The van der Waals surface area contributed by atoms with Crippen LogP contribution in [0.2, 0.25) is 5.02 Å². The molecule has 29 heavy (non-hydrogen) atoms. The highest BCUT2D eigenvalue weighted by Gasteiger charge is 2.29. The first-order valence-electron chi connectivity index (χ1n) is 9.10. The molecule has 0 radical (unpaired) electrons. The van der Waals surface area contributed by atoms with Crippen molar-refractivity contribution in [2.24, 2.45) is 0 Å². The maximum Gasteiger partial charge on any atom is 0.137 e. The Labute approximate surface area is 171 Å². The minimum Gasteiger partial charge on any atom is -0.358 e. The fourth-order valence-electron chi connectivity index (χ4n) is 3.64. The smallest absolute Gasteiger partial charge is 0.137 e. The van der Waals surface area contributed by atoms with Crippen molar-refractivity contribution >= 4 is 28.2 Å². The zero-order chi connectivity index (χ0) is 20.4. The molecular weight excluding hydrogens is 394 g/mol. The number of pyridine rings is 1. The summed E-state index contributed by atoms with van der Waals surface area (Å²) in [6.07, 6.45) is 7.09. The van der Waals surface area contributed by atoms with Crippen LogP contribution in [0.3, 0.4) is 0 Å². The first kappa shape index (κ1) is 19.2. The zero-order valence-corrected chi connectivity index (χ0v) is 16.2. The van der Waals surface area contributed by atoms with Crippen molar-refractivity contribution in [1.82, 2.24) is 14.5 Å². The van der Waals surface area contributed by atoms with Crippen LogP contribution in [0.4, 0.5) is 8.78 Å². The number of fused-ring (bicyclic) bond motifs is 1. The molecule has 3 heterocycles. The summed E-state index contributed by atoms with van der Waals surface area (Å²) in [6, 6.07) is 12.1. The molecule has 7 heteroatoms. The molecule has 0 spiro atoms. The van der Waals surface area contributed by atoms with Crippen LogP contribution in [0.15, 0.2) is 60.8 Å². The van der Waals surface area contributed by atoms with Gasteiger partial charge in [0, 0.05) is 23.2 Å². The standard InChI is InChI=1S/C22H17ClF2N4/c23-15-7-8-17-18(14-26)22(19-5-2-4-10-28(19)16(12-24)13-25)29(20(17)11-15)21-6-1-3-9-27-21/h1-9,11,16H,10,12-13H2. The van der Waals surface area contributed by atoms with Crippen molar-refractivity contribution in [3.63, 3.8) is 0 Å². The third kappa shape index (κ3) is 3.28. The second-order valence-electron chi connectivity index (χ2n) is 6.62. The van der Waals surface area contributed by atoms with Crippen molar-refractivity contribution in [1.29, 1.82) is 5.26 Å². The number of nitrogens with zero attached hydrogens (tertiary/aromatic N) is 4. The molecule has 2 aromatic heterocycles. The Morgan fingerprint density at radius 2 is 2.03 bits per heavy atom. The predicted molar refractivity (Wildman–Crippen MR) is 110 cm³/mol. The lowest BCUT2D eigenvalue weighted by Gasteiger charge is -2.33. The van der Waals surface area contributed by atoms with Gasteiger partial charge in [-0.25, -0.2) is 13.8 Å². The first-order chi connectivity index (χ1) is 14.2. The van der Waals surface area contributed by atoms with Gasteiger partial charge >= 0.3 is 0 Å². The summed E-state index contributed by atoms with van der Waals surface area (Å²) >= 11 is 6.24. The molecule has 0 aliphatic carbocycles. The maximum absolute atomic E-state index is 13.6. The molecule has 3 aromatic rings. The normalized spacial score (nSPS) is 13.8. The number of alkyl halides is 2. The van der Waals surface area contributed by atoms with Crippen molar-refractivity contribution in [3.8, 4) is 11.9 Å². The monoisotopic (exact) mass is 410 g/mol. The van der Waals surface area contributed by atoms with Crippen LogP contribution in [0.5, 0.6) is 0 Å². The Kier molecular flexibility index (Phi) is 5.32. The van der Waals surface area contributed by atoms with Crippen LogP contribution in [0.1, 0.15) is 11.3 Å². The Balaban J connectivity index is 2.07. The molecule has 4 nitrogen and oxygen atoms in total. The SMILES string of the molecule is N#Cc1c(C2=CC=CCN2C(CF)CF)n(-c2ccccn2)c2cc(Cl)ccc12. The number of hydrogen-bond acceptors (Lipinski definition) is 3. The van der Waals surface area contributed by atoms with E-state index in [1.165, 1.54) is 0 Å². The second kappa shape index (κ2) is 8.06. The summed E-state index contributed by atoms with van der Waals surface area (Å²) in [6.45, 7) is -1.32. The van der Waals surface area contributed by atoms with Crippen LogP contribution in [0, 0.1) is 11.3 Å². The van der Waals surface area contributed by atoms with E-state index in [2.05, 4.69) is 11.1 Å². The number of allylic oxidation sites excluding steroid dienone is 2. The van der Waals surface area contributed by atoms with Gasteiger partial charge in [-0.15, -0.1) is 0 Å². The highest BCUT2D eigenvalue weighted by atomic mass is 35.5. The molecule has 0 unspecified atom stereocenters. The first-order valence-corrected chi connectivity index (χ1v) is 9.48. The highest BCUT2D eigenvalue weighted by Crippen LogP contribution is 2.37. The van der Waals surface area contributed by atoms with Gasteiger partial charge in [0.2, 0.25) is 0 Å². The van der Waals surface area contributed by atoms with E-state index >= 15 is 0 Å². The quantitative estimate of drug-likeness (QED) is 0.589. The van der Waals surface area contributed by atoms with Crippen molar-refractivity contribution < 1.29 is 8.78 Å². The number of nitriles is 1. The fourth-order valence-corrected chi connectivity index (χ4v) is 3.80. The molecule has 146 valence electrons. The number of rotatable bonds is 5. The summed E-state index contributed by atoms with van der Waals surface area (Å²) in [4.78, 5) is 6.09. The van der Waals surface area contributed by atoms with E-state index in [-0.39, 0.29) is 0 Å². The molecule has 0 saturated heterocycles. The summed E-state index contributed by atoms with van der Waals surface area (Å²) in [7, 11) is 0. The van der Waals surface area contributed by atoms with E-state index in [9.17, 15) is 14.0 Å². The molecule has 4 rings (SSSR count). The Morgan fingerprint density at radius 1 is 1.21 bits per heavy atom. The summed E-state index contributed by atoms with van der Waals surface area (Å²) < 4.78 is 28.9. The molecule has 0 fully saturated rings. The fraction of sp³-hybridized carbons (Fsp3) is 0.182. The lowest BCUT2D eigenvalue weighted by atomic mass is 10.1. The minimum atomic E-state index is -0.934. The number of aromatic nitrogens is 2. The lowest BCUT2D eigenvalue weighted by molar-refractivity contribution is 0.212. The molecule has 0 saturated carbocycles. The zero-order valence-electron chi connectivity index (χ0n) is 15.4. The van der Waals surface area contributed by atoms with Crippen LogP contribution < -0.4 is 0 Å². The van der Waals surface area contributed by atoms with Gasteiger partial charge in [-0.2, -0.15) is 5.26 Å². The van der Waals surface area contributed by atoms with Gasteiger partial charge in [-0.05, 0) is 36.4 Å². The van der Waals surface area contributed by atoms with Crippen LogP contribution >= 0.6 is 11.6 Å².